The summed E-state index contributed by atoms with van der Waals surface area (Å²) in [7, 11) is 1.24. The molecule has 82 valence electrons. The molecule has 0 heterocycles. The van der Waals surface area contributed by atoms with Crippen molar-refractivity contribution in [3.8, 4) is 0 Å². The number of benzene rings is 1. The molecule has 1 amide bonds. The minimum atomic E-state index is -3.90. The number of rotatable bonds is 2. The van der Waals surface area contributed by atoms with Gasteiger partial charge in [-0.05, 0) is 18.2 Å². The van der Waals surface area contributed by atoms with Crippen molar-refractivity contribution in [2.45, 2.75) is 11.8 Å². The summed E-state index contributed by atoms with van der Waals surface area (Å²) < 4.78 is 22.1. The molecule has 1 rings (SSSR count). The lowest BCUT2D eigenvalue weighted by Crippen LogP contribution is -2.06. The van der Waals surface area contributed by atoms with Crippen molar-refractivity contribution in [2.24, 2.45) is 0 Å². The molecular formula is C8H7Cl2NO3S. The maximum absolute atomic E-state index is 11.1. The van der Waals surface area contributed by atoms with Gasteiger partial charge in [-0.15, -0.1) is 0 Å². The van der Waals surface area contributed by atoms with Crippen molar-refractivity contribution < 1.29 is 13.2 Å². The fourth-order valence-corrected chi connectivity index (χ4v) is 2.46. The number of carbonyl (C=O) groups excluding carboxylic acids is 1. The van der Waals surface area contributed by atoms with Crippen molar-refractivity contribution in [1.29, 1.82) is 0 Å². The van der Waals surface area contributed by atoms with E-state index in [-0.39, 0.29) is 15.8 Å². The largest absolute Gasteiger partial charge is 0.326 e. The van der Waals surface area contributed by atoms with Gasteiger partial charge in [0.05, 0.1) is 5.02 Å². The third kappa shape index (κ3) is 3.37. The molecule has 0 fully saturated rings. The first-order valence-electron chi connectivity index (χ1n) is 3.82. The van der Waals surface area contributed by atoms with E-state index < -0.39 is 9.05 Å². The summed E-state index contributed by atoms with van der Waals surface area (Å²) >= 11 is 5.64. The van der Waals surface area contributed by atoms with Gasteiger partial charge in [0.2, 0.25) is 5.91 Å². The molecule has 0 aliphatic carbocycles. The Morgan fingerprint density at radius 1 is 1.40 bits per heavy atom. The normalized spacial score (nSPS) is 11.1. The van der Waals surface area contributed by atoms with Crippen LogP contribution in [0.5, 0.6) is 0 Å². The average molecular weight is 268 g/mol. The van der Waals surface area contributed by atoms with E-state index in [0.717, 1.165) is 0 Å². The van der Waals surface area contributed by atoms with Crippen molar-refractivity contribution in [1.82, 2.24) is 0 Å². The van der Waals surface area contributed by atoms with Crippen LogP contribution in [0.25, 0.3) is 0 Å². The van der Waals surface area contributed by atoms with Crippen molar-refractivity contribution in [2.75, 3.05) is 5.32 Å². The van der Waals surface area contributed by atoms with Gasteiger partial charge in [0.1, 0.15) is 4.90 Å². The Morgan fingerprint density at radius 2 is 2.00 bits per heavy atom. The number of anilines is 1. The minimum Gasteiger partial charge on any atom is -0.326 e. The van der Waals surface area contributed by atoms with Gasteiger partial charge in [-0.25, -0.2) is 8.42 Å². The van der Waals surface area contributed by atoms with Gasteiger partial charge >= 0.3 is 0 Å². The van der Waals surface area contributed by atoms with Crippen LogP contribution < -0.4 is 5.32 Å². The van der Waals surface area contributed by atoms with Gasteiger partial charge in [-0.1, -0.05) is 11.6 Å². The number of amides is 1. The molecule has 0 spiro atoms. The van der Waals surface area contributed by atoms with Gasteiger partial charge in [-0.2, -0.15) is 0 Å². The highest BCUT2D eigenvalue weighted by atomic mass is 35.7. The lowest BCUT2D eigenvalue weighted by Gasteiger charge is -2.05. The molecular weight excluding hydrogens is 261 g/mol. The van der Waals surface area contributed by atoms with Gasteiger partial charge in [0.15, 0.2) is 0 Å². The molecule has 0 aromatic heterocycles. The predicted molar refractivity (Wildman–Crippen MR) is 58.8 cm³/mol. The summed E-state index contributed by atoms with van der Waals surface area (Å²) in [6, 6.07) is 4.03. The predicted octanol–water partition coefficient (Wildman–Crippen LogP) is 2.23. The summed E-state index contributed by atoms with van der Waals surface area (Å²) in [5.74, 6) is -0.310. The standard InChI is InChI=1S/C8H7Cl2NO3S/c1-5(12)11-6-2-3-7(9)8(4-6)15(10,13)14/h2-4H,1H3,(H,11,12). The SMILES string of the molecule is CC(=O)Nc1ccc(Cl)c(S(=O)(=O)Cl)c1. The highest BCUT2D eigenvalue weighted by molar-refractivity contribution is 8.13. The van der Waals surface area contributed by atoms with E-state index in [4.69, 9.17) is 22.3 Å². The highest BCUT2D eigenvalue weighted by Crippen LogP contribution is 2.27. The van der Waals surface area contributed by atoms with E-state index >= 15 is 0 Å². The van der Waals surface area contributed by atoms with Crippen molar-refractivity contribution >= 4 is 42.9 Å². The Labute approximate surface area is 96.6 Å². The Kier molecular flexibility index (Phi) is 3.59. The Hall–Kier alpha value is -0.780. The molecule has 0 aliphatic heterocycles. The van der Waals surface area contributed by atoms with Crippen LogP contribution in [0.3, 0.4) is 0 Å². The molecule has 0 aliphatic rings. The molecule has 0 radical (unpaired) electrons. The van der Waals surface area contributed by atoms with Crippen LogP contribution in [0.15, 0.2) is 23.1 Å². The molecule has 1 N–H and O–H groups in total. The monoisotopic (exact) mass is 267 g/mol. The molecule has 0 bridgehead atoms. The van der Waals surface area contributed by atoms with E-state index in [1.807, 2.05) is 0 Å². The molecule has 0 saturated carbocycles. The summed E-state index contributed by atoms with van der Waals surface area (Å²) in [6.45, 7) is 1.31. The van der Waals surface area contributed by atoms with Gasteiger partial charge in [0.25, 0.3) is 9.05 Å². The second-order valence-electron chi connectivity index (χ2n) is 2.76. The average Bonchev–Trinajstić information content (AvgIpc) is 2.05. The summed E-state index contributed by atoms with van der Waals surface area (Å²) in [4.78, 5) is 10.5. The molecule has 1 aromatic rings. The second-order valence-corrected chi connectivity index (χ2v) is 5.71. The van der Waals surface area contributed by atoms with E-state index in [9.17, 15) is 13.2 Å². The van der Waals surface area contributed by atoms with Crippen LogP contribution in [-0.4, -0.2) is 14.3 Å². The van der Waals surface area contributed by atoms with Crippen LogP contribution in [-0.2, 0) is 13.8 Å². The van der Waals surface area contributed by atoms with Crippen LogP contribution in [0.1, 0.15) is 6.92 Å². The highest BCUT2D eigenvalue weighted by Gasteiger charge is 2.15. The first-order valence-corrected chi connectivity index (χ1v) is 6.51. The van der Waals surface area contributed by atoms with Crippen molar-refractivity contribution in [3.63, 3.8) is 0 Å². The van der Waals surface area contributed by atoms with E-state index in [1.165, 1.54) is 25.1 Å². The van der Waals surface area contributed by atoms with Crippen LogP contribution in [0.4, 0.5) is 5.69 Å². The first kappa shape index (κ1) is 12.3. The Bertz CT molecular complexity index is 499. The van der Waals surface area contributed by atoms with E-state index in [2.05, 4.69) is 5.32 Å². The number of hydrogen-bond acceptors (Lipinski definition) is 3. The molecule has 1 aromatic carbocycles. The molecule has 0 unspecified atom stereocenters. The van der Waals surface area contributed by atoms with E-state index in [1.54, 1.807) is 0 Å². The zero-order chi connectivity index (χ0) is 11.6. The van der Waals surface area contributed by atoms with Crippen LogP contribution in [0.2, 0.25) is 5.02 Å². The third-order valence-corrected chi connectivity index (χ3v) is 3.32. The quantitative estimate of drug-likeness (QED) is 0.836. The molecule has 4 nitrogen and oxygen atoms in total. The number of nitrogens with one attached hydrogen (secondary N) is 1. The smallest absolute Gasteiger partial charge is 0.262 e. The number of carbonyl (C=O) groups is 1. The summed E-state index contributed by atoms with van der Waals surface area (Å²) in [5, 5.41) is 2.44. The van der Waals surface area contributed by atoms with Gasteiger partial charge < -0.3 is 5.32 Å². The Balaban J connectivity index is 3.23. The van der Waals surface area contributed by atoms with E-state index in [0.29, 0.717) is 5.69 Å². The second kappa shape index (κ2) is 4.38. The lowest BCUT2D eigenvalue weighted by molar-refractivity contribution is -0.114. The molecule has 7 heteroatoms. The first-order chi connectivity index (χ1) is 6.80. The fourth-order valence-electron chi connectivity index (χ4n) is 0.971. The third-order valence-electron chi connectivity index (χ3n) is 1.51. The zero-order valence-corrected chi connectivity index (χ0v) is 9.95. The zero-order valence-electron chi connectivity index (χ0n) is 7.62. The van der Waals surface area contributed by atoms with Crippen LogP contribution >= 0.6 is 22.3 Å². The van der Waals surface area contributed by atoms with Gasteiger partial charge in [-0.3, -0.25) is 4.79 Å². The lowest BCUT2D eigenvalue weighted by atomic mass is 10.3. The minimum absolute atomic E-state index is 0.0131. The molecule has 15 heavy (non-hydrogen) atoms. The summed E-state index contributed by atoms with van der Waals surface area (Å²) in [5.41, 5.74) is 0.325. The fraction of sp³-hybridized carbons (Fsp3) is 0.125. The van der Waals surface area contributed by atoms with Crippen LogP contribution in [0, 0.1) is 0 Å². The van der Waals surface area contributed by atoms with Crippen molar-refractivity contribution in [3.05, 3.63) is 23.2 Å². The maximum Gasteiger partial charge on any atom is 0.262 e. The number of halogens is 2. The number of hydrogen-bond donors (Lipinski definition) is 1. The topological polar surface area (TPSA) is 63.2 Å². The Morgan fingerprint density at radius 3 is 2.47 bits per heavy atom. The summed E-state index contributed by atoms with van der Waals surface area (Å²) in [6.07, 6.45) is 0. The molecule has 0 saturated heterocycles. The van der Waals surface area contributed by atoms with Gasteiger partial charge in [0, 0.05) is 23.3 Å². The maximum atomic E-state index is 11.1. The molecule has 0 atom stereocenters.